The molecule has 4 heteroatoms. The van der Waals surface area contributed by atoms with Crippen LogP contribution in [0.1, 0.15) is 12.5 Å². The molecule has 23 heavy (non-hydrogen) atoms. The first-order valence-electron chi connectivity index (χ1n) is 7.67. The SMILES string of the molecule is CC(Cc1ccc(Oc2ccc(Br)cc2)cc1)Cn1ccnc1. The van der Waals surface area contributed by atoms with Crippen LogP contribution < -0.4 is 4.74 Å². The van der Waals surface area contributed by atoms with Gasteiger partial charge in [-0.3, -0.25) is 0 Å². The highest BCUT2D eigenvalue weighted by Gasteiger charge is 2.05. The Morgan fingerprint density at radius 3 is 2.30 bits per heavy atom. The van der Waals surface area contributed by atoms with Crippen LogP contribution in [0.2, 0.25) is 0 Å². The third-order valence-electron chi connectivity index (χ3n) is 3.64. The minimum absolute atomic E-state index is 0.558. The molecule has 1 atom stereocenters. The zero-order chi connectivity index (χ0) is 16.1. The van der Waals surface area contributed by atoms with Crippen molar-refractivity contribution in [3.63, 3.8) is 0 Å². The van der Waals surface area contributed by atoms with Crippen molar-refractivity contribution in [3.05, 3.63) is 77.3 Å². The Hall–Kier alpha value is -2.07. The highest BCUT2D eigenvalue weighted by atomic mass is 79.9. The van der Waals surface area contributed by atoms with Crippen LogP contribution in [-0.4, -0.2) is 9.55 Å². The molecule has 0 fully saturated rings. The Balaban J connectivity index is 1.57. The van der Waals surface area contributed by atoms with E-state index in [0.717, 1.165) is 28.9 Å². The lowest BCUT2D eigenvalue weighted by molar-refractivity contribution is 0.474. The van der Waals surface area contributed by atoms with Gasteiger partial charge in [0, 0.05) is 23.4 Å². The number of nitrogens with zero attached hydrogens (tertiary/aromatic N) is 2. The van der Waals surface area contributed by atoms with E-state index < -0.39 is 0 Å². The summed E-state index contributed by atoms with van der Waals surface area (Å²) in [5.74, 6) is 2.26. The van der Waals surface area contributed by atoms with Crippen molar-refractivity contribution in [2.24, 2.45) is 5.92 Å². The van der Waals surface area contributed by atoms with Gasteiger partial charge in [0.05, 0.1) is 6.33 Å². The summed E-state index contributed by atoms with van der Waals surface area (Å²) in [6, 6.07) is 16.2. The molecule has 0 aliphatic heterocycles. The van der Waals surface area contributed by atoms with Gasteiger partial charge in [0.25, 0.3) is 0 Å². The number of halogens is 1. The van der Waals surface area contributed by atoms with Gasteiger partial charge in [-0.05, 0) is 54.3 Å². The summed E-state index contributed by atoms with van der Waals surface area (Å²) in [6.07, 6.45) is 6.73. The Bertz CT molecular complexity index is 721. The maximum Gasteiger partial charge on any atom is 0.127 e. The Kier molecular flexibility index (Phi) is 5.13. The quantitative estimate of drug-likeness (QED) is 0.587. The number of hydrogen-bond donors (Lipinski definition) is 0. The molecule has 118 valence electrons. The van der Waals surface area contributed by atoms with Gasteiger partial charge >= 0.3 is 0 Å². The van der Waals surface area contributed by atoms with E-state index in [0.29, 0.717) is 5.92 Å². The summed E-state index contributed by atoms with van der Waals surface area (Å²) in [5.41, 5.74) is 1.32. The van der Waals surface area contributed by atoms with Crippen LogP contribution in [0.15, 0.2) is 71.7 Å². The normalized spacial score (nSPS) is 12.1. The van der Waals surface area contributed by atoms with Crippen molar-refractivity contribution < 1.29 is 4.74 Å². The monoisotopic (exact) mass is 370 g/mol. The van der Waals surface area contributed by atoms with Gasteiger partial charge in [0.1, 0.15) is 11.5 Å². The van der Waals surface area contributed by atoms with Gasteiger partial charge in [-0.1, -0.05) is 35.0 Å². The first kappa shape index (κ1) is 15.8. The summed E-state index contributed by atoms with van der Waals surface area (Å²) in [6.45, 7) is 3.24. The van der Waals surface area contributed by atoms with Gasteiger partial charge in [-0.25, -0.2) is 4.98 Å². The second-order valence-corrected chi connectivity index (χ2v) is 6.68. The minimum Gasteiger partial charge on any atom is -0.457 e. The van der Waals surface area contributed by atoms with E-state index >= 15 is 0 Å². The Morgan fingerprint density at radius 1 is 1.04 bits per heavy atom. The average Bonchev–Trinajstić information content (AvgIpc) is 3.04. The van der Waals surface area contributed by atoms with Crippen LogP contribution in [0.3, 0.4) is 0 Å². The van der Waals surface area contributed by atoms with Gasteiger partial charge < -0.3 is 9.30 Å². The van der Waals surface area contributed by atoms with E-state index in [2.05, 4.69) is 44.5 Å². The van der Waals surface area contributed by atoms with Crippen LogP contribution in [0.4, 0.5) is 0 Å². The summed E-state index contributed by atoms with van der Waals surface area (Å²) < 4.78 is 9.01. The number of aromatic nitrogens is 2. The van der Waals surface area contributed by atoms with E-state index in [1.807, 2.05) is 55.1 Å². The van der Waals surface area contributed by atoms with E-state index in [4.69, 9.17) is 4.74 Å². The Labute approximate surface area is 145 Å². The third-order valence-corrected chi connectivity index (χ3v) is 4.17. The van der Waals surface area contributed by atoms with Crippen LogP contribution in [0.25, 0.3) is 0 Å². The lowest BCUT2D eigenvalue weighted by Crippen LogP contribution is -2.08. The van der Waals surface area contributed by atoms with Crippen molar-refractivity contribution in [3.8, 4) is 11.5 Å². The first-order chi connectivity index (χ1) is 11.2. The largest absolute Gasteiger partial charge is 0.457 e. The molecule has 3 rings (SSSR count). The van der Waals surface area contributed by atoms with Crippen molar-refractivity contribution in [2.75, 3.05) is 0 Å². The smallest absolute Gasteiger partial charge is 0.127 e. The number of ether oxygens (including phenoxy) is 1. The third kappa shape index (κ3) is 4.70. The molecule has 0 aliphatic carbocycles. The molecule has 1 aromatic heterocycles. The predicted octanol–water partition coefficient (Wildman–Crippen LogP) is 5.32. The van der Waals surface area contributed by atoms with Crippen LogP contribution in [-0.2, 0) is 13.0 Å². The second kappa shape index (κ2) is 7.47. The fourth-order valence-corrected chi connectivity index (χ4v) is 2.82. The van der Waals surface area contributed by atoms with E-state index in [1.54, 1.807) is 0 Å². The lowest BCUT2D eigenvalue weighted by Gasteiger charge is -2.13. The number of benzene rings is 2. The summed E-state index contributed by atoms with van der Waals surface area (Å²) in [7, 11) is 0. The van der Waals surface area contributed by atoms with Crippen molar-refractivity contribution in [1.82, 2.24) is 9.55 Å². The highest BCUT2D eigenvalue weighted by Crippen LogP contribution is 2.24. The molecule has 0 bridgehead atoms. The van der Waals surface area contributed by atoms with Crippen LogP contribution in [0.5, 0.6) is 11.5 Å². The number of hydrogen-bond acceptors (Lipinski definition) is 2. The van der Waals surface area contributed by atoms with Crippen molar-refractivity contribution in [2.45, 2.75) is 19.9 Å². The molecule has 3 aromatic rings. The molecule has 3 nitrogen and oxygen atoms in total. The maximum atomic E-state index is 5.85. The second-order valence-electron chi connectivity index (χ2n) is 5.77. The number of imidazole rings is 1. The van der Waals surface area contributed by atoms with Gasteiger partial charge in [-0.15, -0.1) is 0 Å². The molecule has 0 radical (unpaired) electrons. The van der Waals surface area contributed by atoms with Crippen LogP contribution >= 0.6 is 15.9 Å². The molecule has 0 N–H and O–H groups in total. The molecule has 0 amide bonds. The molecule has 1 heterocycles. The van der Waals surface area contributed by atoms with Gasteiger partial charge in [-0.2, -0.15) is 0 Å². The molecule has 0 aliphatic rings. The predicted molar refractivity (Wildman–Crippen MR) is 95.8 cm³/mol. The molecular weight excluding hydrogens is 352 g/mol. The fourth-order valence-electron chi connectivity index (χ4n) is 2.55. The van der Waals surface area contributed by atoms with Crippen molar-refractivity contribution >= 4 is 15.9 Å². The molecule has 1 unspecified atom stereocenters. The maximum absolute atomic E-state index is 5.85. The van der Waals surface area contributed by atoms with E-state index in [9.17, 15) is 0 Å². The van der Waals surface area contributed by atoms with E-state index in [1.165, 1.54) is 5.56 Å². The molecular formula is C19H19BrN2O. The minimum atomic E-state index is 0.558. The summed E-state index contributed by atoms with van der Waals surface area (Å²) >= 11 is 3.42. The zero-order valence-corrected chi connectivity index (χ0v) is 14.6. The zero-order valence-electron chi connectivity index (χ0n) is 13.0. The summed E-state index contributed by atoms with van der Waals surface area (Å²) in [5, 5.41) is 0. The molecule has 0 spiro atoms. The van der Waals surface area contributed by atoms with E-state index in [-0.39, 0.29) is 0 Å². The Morgan fingerprint density at radius 2 is 1.70 bits per heavy atom. The number of rotatable bonds is 6. The first-order valence-corrected chi connectivity index (χ1v) is 8.46. The molecule has 0 saturated carbocycles. The summed E-state index contributed by atoms with van der Waals surface area (Å²) in [4.78, 5) is 4.08. The molecule has 0 saturated heterocycles. The van der Waals surface area contributed by atoms with Gasteiger partial charge in [0.2, 0.25) is 0 Å². The topological polar surface area (TPSA) is 27.1 Å². The lowest BCUT2D eigenvalue weighted by atomic mass is 10.0. The fraction of sp³-hybridized carbons (Fsp3) is 0.211. The van der Waals surface area contributed by atoms with Gasteiger partial charge in [0.15, 0.2) is 0 Å². The standard InChI is InChI=1S/C19H19BrN2O/c1-15(13-22-11-10-21-14-22)12-16-2-6-18(7-3-16)23-19-8-4-17(20)5-9-19/h2-11,14-15H,12-13H2,1H3. The van der Waals surface area contributed by atoms with Crippen LogP contribution in [0, 0.1) is 5.92 Å². The average molecular weight is 371 g/mol. The highest BCUT2D eigenvalue weighted by molar-refractivity contribution is 9.10. The molecule has 2 aromatic carbocycles. The van der Waals surface area contributed by atoms with Crippen molar-refractivity contribution in [1.29, 1.82) is 0 Å².